The number of hydrogen-bond donors (Lipinski definition) is 0. The Bertz CT molecular complexity index is 1100. The Kier molecular flexibility index (Phi) is 5.19. The Morgan fingerprint density at radius 2 is 1.69 bits per heavy atom. The van der Waals surface area contributed by atoms with Crippen LogP contribution in [0.25, 0.3) is 11.5 Å². The van der Waals surface area contributed by atoms with E-state index >= 15 is 0 Å². The molecule has 0 unspecified atom stereocenters. The Hall–Kier alpha value is -2.64. The van der Waals surface area contributed by atoms with E-state index in [1.54, 1.807) is 30.3 Å². The van der Waals surface area contributed by atoms with Crippen molar-refractivity contribution in [1.29, 1.82) is 0 Å². The van der Waals surface area contributed by atoms with E-state index in [0.29, 0.717) is 19.0 Å². The van der Waals surface area contributed by atoms with Crippen LogP contribution in [0.3, 0.4) is 0 Å². The first-order valence-electron chi connectivity index (χ1n) is 9.63. The Morgan fingerprint density at radius 1 is 1.00 bits per heavy atom. The monoisotopic (exact) mass is 412 g/mol. The van der Waals surface area contributed by atoms with Crippen molar-refractivity contribution in [2.45, 2.75) is 42.9 Å². The van der Waals surface area contributed by atoms with Gasteiger partial charge in [-0.1, -0.05) is 35.9 Å². The molecule has 0 aliphatic carbocycles. The molecular weight excluding hydrogens is 388 g/mol. The number of anilines is 1. The predicted molar refractivity (Wildman–Crippen MR) is 111 cm³/mol. The highest BCUT2D eigenvalue weighted by Crippen LogP contribution is 2.36. The largest absolute Gasteiger partial charge is 0.419 e. The third kappa shape index (κ3) is 3.93. The molecule has 2 heterocycles. The summed E-state index contributed by atoms with van der Waals surface area (Å²) in [4.78, 5) is 6.57. The quantitative estimate of drug-likeness (QED) is 0.642. The van der Waals surface area contributed by atoms with Gasteiger partial charge in [0.2, 0.25) is 26.6 Å². The predicted octanol–water partition coefficient (Wildman–Crippen LogP) is 4.10. The van der Waals surface area contributed by atoms with Crippen LogP contribution in [0.5, 0.6) is 0 Å². The molecule has 2 atom stereocenters. The highest BCUT2D eigenvalue weighted by molar-refractivity contribution is 7.91. The van der Waals surface area contributed by atoms with Crippen molar-refractivity contribution in [3.05, 3.63) is 60.2 Å². The standard InChI is InChI=1S/C22H24N2O4S/c1-15-8-7-9-18(12-15)20-23-21(29(25,26)19-10-5-4-6-11-19)22(28-20)24-13-16(2)27-17(3)14-24/h4-12,16-17H,13-14H2,1-3H3/t16-,17-/m0/s1. The van der Waals surface area contributed by atoms with Crippen LogP contribution in [0.15, 0.2) is 68.9 Å². The van der Waals surface area contributed by atoms with Crippen LogP contribution in [-0.4, -0.2) is 38.7 Å². The van der Waals surface area contributed by atoms with Crippen LogP contribution in [0, 0.1) is 6.92 Å². The van der Waals surface area contributed by atoms with Gasteiger partial charge in [-0.25, -0.2) is 8.42 Å². The Morgan fingerprint density at radius 3 is 2.34 bits per heavy atom. The molecule has 1 aromatic heterocycles. The van der Waals surface area contributed by atoms with E-state index in [1.807, 2.05) is 49.9 Å². The van der Waals surface area contributed by atoms with Gasteiger partial charge in [0.25, 0.3) is 0 Å². The molecule has 152 valence electrons. The number of aryl methyl sites for hydroxylation is 1. The van der Waals surface area contributed by atoms with Crippen molar-refractivity contribution >= 4 is 15.7 Å². The van der Waals surface area contributed by atoms with Gasteiger partial charge in [-0.15, -0.1) is 0 Å². The molecule has 1 fully saturated rings. The fraction of sp³-hybridized carbons (Fsp3) is 0.318. The summed E-state index contributed by atoms with van der Waals surface area (Å²) in [5.74, 6) is 0.567. The van der Waals surface area contributed by atoms with Crippen LogP contribution < -0.4 is 4.90 Å². The van der Waals surface area contributed by atoms with E-state index in [4.69, 9.17) is 9.15 Å². The minimum Gasteiger partial charge on any atom is -0.419 e. The van der Waals surface area contributed by atoms with Crippen molar-refractivity contribution in [2.75, 3.05) is 18.0 Å². The maximum atomic E-state index is 13.4. The average molecular weight is 413 g/mol. The summed E-state index contributed by atoms with van der Waals surface area (Å²) in [7, 11) is -3.84. The topological polar surface area (TPSA) is 72.6 Å². The van der Waals surface area contributed by atoms with Gasteiger partial charge < -0.3 is 14.1 Å². The van der Waals surface area contributed by atoms with Gasteiger partial charge in [-0.2, -0.15) is 4.98 Å². The molecule has 3 aromatic rings. The molecule has 0 radical (unpaired) electrons. The van der Waals surface area contributed by atoms with E-state index in [2.05, 4.69) is 4.98 Å². The molecular formula is C22H24N2O4S. The maximum absolute atomic E-state index is 13.4. The van der Waals surface area contributed by atoms with Crippen LogP contribution in [0.1, 0.15) is 19.4 Å². The summed E-state index contributed by atoms with van der Waals surface area (Å²) in [6.07, 6.45) is -0.0860. The molecule has 29 heavy (non-hydrogen) atoms. The molecule has 0 saturated carbocycles. The Balaban J connectivity index is 1.86. The number of nitrogens with zero attached hydrogens (tertiary/aromatic N) is 2. The van der Waals surface area contributed by atoms with E-state index in [0.717, 1.165) is 11.1 Å². The van der Waals surface area contributed by atoms with Gasteiger partial charge in [0, 0.05) is 18.7 Å². The number of morpholine rings is 1. The van der Waals surface area contributed by atoms with Gasteiger partial charge >= 0.3 is 0 Å². The van der Waals surface area contributed by atoms with Gasteiger partial charge in [-0.3, -0.25) is 0 Å². The Labute approximate surface area is 171 Å². The van der Waals surface area contributed by atoms with Crippen LogP contribution in [0.2, 0.25) is 0 Å². The molecule has 2 aromatic carbocycles. The average Bonchev–Trinajstić information content (AvgIpc) is 3.14. The molecule has 6 nitrogen and oxygen atoms in total. The lowest BCUT2D eigenvalue weighted by molar-refractivity contribution is -0.00657. The van der Waals surface area contributed by atoms with Gasteiger partial charge in [0.15, 0.2) is 0 Å². The van der Waals surface area contributed by atoms with E-state index in [-0.39, 0.29) is 28.0 Å². The summed E-state index contributed by atoms with van der Waals surface area (Å²) in [6, 6.07) is 16.0. The maximum Gasteiger partial charge on any atom is 0.236 e. The van der Waals surface area contributed by atoms with E-state index in [1.165, 1.54) is 0 Å². The van der Waals surface area contributed by atoms with Gasteiger partial charge in [-0.05, 0) is 45.0 Å². The second-order valence-electron chi connectivity index (χ2n) is 7.48. The van der Waals surface area contributed by atoms with E-state index in [9.17, 15) is 8.42 Å². The molecule has 0 bridgehead atoms. The number of oxazole rings is 1. The minimum atomic E-state index is -3.84. The summed E-state index contributed by atoms with van der Waals surface area (Å²) in [5.41, 5.74) is 1.79. The zero-order chi connectivity index (χ0) is 20.6. The molecule has 0 spiro atoms. The minimum absolute atomic E-state index is 0.0430. The van der Waals surface area contributed by atoms with Crippen molar-refractivity contribution < 1.29 is 17.6 Å². The lowest BCUT2D eigenvalue weighted by Gasteiger charge is -2.35. The molecule has 4 rings (SSSR count). The van der Waals surface area contributed by atoms with Gasteiger partial charge in [0.05, 0.1) is 17.1 Å². The summed E-state index contributed by atoms with van der Waals surface area (Å²) in [5, 5.41) is -0.0542. The lowest BCUT2D eigenvalue weighted by Crippen LogP contribution is -2.45. The summed E-state index contributed by atoms with van der Waals surface area (Å²) >= 11 is 0. The number of benzene rings is 2. The highest BCUT2D eigenvalue weighted by atomic mass is 32.2. The number of sulfone groups is 1. The van der Waals surface area contributed by atoms with E-state index < -0.39 is 9.84 Å². The van der Waals surface area contributed by atoms with Crippen LogP contribution in [-0.2, 0) is 14.6 Å². The highest BCUT2D eigenvalue weighted by Gasteiger charge is 2.34. The van der Waals surface area contributed by atoms with Crippen molar-refractivity contribution in [3.8, 4) is 11.5 Å². The SMILES string of the molecule is Cc1cccc(-c2nc(S(=O)(=O)c3ccccc3)c(N3C[C@H](C)O[C@@H](C)C3)o2)c1. The second-order valence-corrected chi connectivity index (χ2v) is 9.34. The molecule has 1 aliphatic heterocycles. The molecule has 0 amide bonds. The number of rotatable bonds is 4. The van der Waals surface area contributed by atoms with Crippen molar-refractivity contribution in [2.24, 2.45) is 0 Å². The van der Waals surface area contributed by atoms with Gasteiger partial charge in [0.1, 0.15) is 0 Å². The first-order valence-corrected chi connectivity index (χ1v) is 11.1. The zero-order valence-corrected chi connectivity index (χ0v) is 17.5. The third-order valence-corrected chi connectivity index (χ3v) is 6.53. The first kappa shape index (κ1) is 19.7. The first-order chi connectivity index (χ1) is 13.8. The number of aromatic nitrogens is 1. The normalized spacial score (nSPS) is 20.0. The van der Waals surface area contributed by atoms with Crippen LogP contribution >= 0.6 is 0 Å². The zero-order valence-electron chi connectivity index (χ0n) is 16.7. The molecule has 1 aliphatic rings. The second kappa shape index (κ2) is 7.65. The fourth-order valence-corrected chi connectivity index (χ4v) is 4.97. The summed E-state index contributed by atoms with van der Waals surface area (Å²) < 4.78 is 38.7. The summed E-state index contributed by atoms with van der Waals surface area (Å²) in [6.45, 7) is 6.96. The molecule has 0 N–H and O–H groups in total. The van der Waals surface area contributed by atoms with Crippen LogP contribution in [0.4, 0.5) is 5.88 Å². The lowest BCUT2D eigenvalue weighted by atomic mass is 10.1. The third-order valence-electron chi connectivity index (χ3n) is 4.86. The molecule has 1 saturated heterocycles. The van der Waals surface area contributed by atoms with Crippen molar-refractivity contribution in [1.82, 2.24) is 4.98 Å². The fourth-order valence-electron chi connectivity index (χ4n) is 3.63. The smallest absolute Gasteiger partial charge is 0.236 e. The number of ether oxygens (including phenoxy) is 1. The molecule has 7 heteroatoms. The number of hydrogen-bond acceptors (Lipinski definition) is 6. The van der Waals surface area contributed by atoms with Crippen molar-refractivity contribution in [3.63, 3.8) is 0 Å².